The Balaban J connectivity index is 1.79. The van der Waals surface area contributed by atoms with Crippen LogP contribution in [-0.4, -0.2) is 11.6 Å². The molecule has 0 N–H and O–H groups in total. The maximum atomic E-state index is 13.1. The fourth-order valence-corrected chi connectivity index (χ4v) is 3.82. The first-order chi connectivity index (χ1) is 13.3. The van der Waals surface area contributed by atoms with Gasteiger partial charge in [0, 0.05) is 21.2 Å². The van der Waals surface area contributed by atoms with E-state index in [1.54, 1.807) is 36.4 Å². The summed E-state index contributed by atoms with van der Waals surface area (Å²) in [7, 11) is 0. The third kappa shape index (κ3) is 3.18. The highest BCUT2D eigenvalue weighted by Gasteiger charge is 2.32. The first-order valence-corrected chi connectivity index (χ1v) is 9.85. The molecule has 140 valence electrons. The molecule has 0 amide bonds. The van der Waals surface area contributed by atoms with E-state index in [1.165, 1.54) is 5.56 Å². The highest BCUT2D eigenvalue weighted by molar-refractivity contribution is 9.10. The molecule has 0 saturated heterocycles. The Bertz CT molecular complexity index is 1110. The molecule has 4 rings (SSSR count). The summed E-state index contributed by atoms with van der Waals surface area (Å²) in [5.74, 6) is 0.631. The van der Waals surface area contributed by atoms with E-state index in [0.717, 1.165) is 0 Å². The van der Waals surface area contributed by atoms with E-state index in [4.69, 9.17) is 4.74 Å². The van der Waals surface area contributed by atoms with Crippen LogP contribution in [0, 0.1) is 0 Å². The van der Waals surface area contributed by atoms with Crippen molar-refractivity contribution in [2.45, 2.75) is 26.2 Å². The number of hydrogen-bond donors (Lipinski definition) is 0. The summed E-state index contributed by atoms with van der Waals surface area (Å²) in [5.41, 5.74) is 2.75. The van der Waals surface area contributed by atoms with Gasteiger partial charge in [-0.1, -0.05) is 73.1 Å². The van der Waals surface area contributed by atoms with Crippen molar-refractivity contribution in [3.05, 3.63) is 93.0 Å². The largest absolute Gasteiger partial charge is 0.457 e. The van der Waals surface area contributed by atoms with Crippen LogP contribution in [0.4, 0.5) is 0 Å². The van der Waals surface area contributed by atoms with Crippen molar-refractivity contribution >= 4 is 27.5 Å². The van der Waals surface area contributed by atoms with E-state index in [0.29, 0.717) is 38.2 Å². The Hall–Kier alpha value is -2.72. The molecular weight excluding hydrogens is 416 g/mol. The predicted octanol–water partition coefficient (Wildman–Crippen LogP) is 6.31. The molecule has 0 spiro atoms. The Morgan fingerprint density at radius 2 is 1.39 bits per heavy atom. The molecule has 0 fully saturated rings. The van der Waals surface area contributed by atoms with Gasteiger partial charge < -0.3 is 4.74 Å². The van der Waals surface area contributed by atoms with Gasteiger partial charge in [-0.2, -0.15) is 0 Å². The van der Waals surface area contributed by atoms with E-state index in [9.17, 15) is 9.59 Å². The summed E-state index contributed by atoms with van der Waals surface area (Å²) in [6.07, 6.45) is 0. The molecule has 0 aliphatic heterocycles. The van der Waals surface area contributed by atoms with Crippen molar-refractivity contribution in [3.63, 3.8) is 0 Å². The molecule has 0 atom stereocenters. The van der Waals surface area contributed by atoms with Gasteiger partial charge in [-0.25, -0.2) is 0 Å². The molecule has 0 bridgehead atoms. The molecule has 3 aromatic rings. The van der Waals surface area contributed by atoms with Crippen LogP contribution in [0.1, 0.15) is 58.2 Å². The number of ketones is 2. The fraction of sp³-hybridized carbons (Fsp3) is 0.167. The zero-order valence-corrected chi connectivity index (χ0v) is 17.5. The number of fused-ring (bicyclic) bond motifs is 2. The topological polar surface area (TPSA) is 43.4 Å². The molecule has 0 radical (unpaired) electrons. The molecule has 0 unspecified atom stereocenters. The van der Waals surface area contributed by atoms with Gasteiger partial charge in [-0.15, -0.1) is 0 Å². The minimum absolute atomic E-state index is 0.0412. The lowest BCUT2D eigenvalue weighted by atomic mass is 9.83. The van der Waals surface area contributed by atoms with Crippen LogP contribution >= 0.6 is 15.9 Å². The number of carbonyl (C=O) groups is 2. The van der Waals surface area contributed by atoms with Gasteiger partial charge in [0.1, 0.15) is 11.5 Å². The highest BCUT2D eigenvalue weighted by Crippen LogP contribution is 2.38. The van der Waals surface area contributed by atoms with E-state index in [2.05, 4.69) is 36.7 Å². The van der Waals surface area contributed by atoms with E-state index in [1.807, 2.05) is 24.3 Å². The van der Waals surface area contributed by atoms with E-state index < -0.39 is 0 Å². The van der Waals surface area contributed by atoms with Crippen LogP contribution in [0.5, 0.6) is 11.5 Å². The highest BCUT2D eigenvalue weighted by atomic mass is 79.9. The second-order valence-corrected chi connectivity index (χ2v) is 8.82. The normalized spacial score (nSPS) is 13.1. The molecule has 28 heavy (non-hydrogen) atoms. The first-order valence-electron chi connectivity index (χ1n) is 9.06. The van der Waals surface area contributed by atoms with Gasteiger partial charge in [0.2, 0.25) is 0 Å². The quantitative estimate of drug-likeness (QED) is 0.370. The maximum Gasteiger partial charge on any atom is 0.198 e. The lowest BCUT2D eigenvalue weighted by molar-refractivity contribution is 0.0977. The number of rotatable bonds is 2. The number of hydrogen-bond acceptors (Lipinski definition) is 3. The Kier molecular flexibility index (Phi) is 4.47. The average Bonchev–Trinajstić information content (AvgIpc) is 2.65. The minimum atomic E-state index is -0.195. The van der Waals surface area contributed by atoms with Crippen LogP contribution in [0.15, 0.2) is 65.1 Å². The number of benzene rings is 3. The summed E-state index contributed by atoms with van der Waals surface area (Å²) in [5, 5.41) is 0. The molecule has 0 heterocycles. The number of halogens is 1. The van der Waals surface area contributed by atoms with Crippen molar-refractivity contribution in [1.82, 2.24) is 0 Å². The van der Waals surface area contributed by atoms with Gasteiger partial charge in [-0.05, 0) is 35.2 Å². The van der Waals surface area contributed by atoms with Crippen LogP contribution in [0.2, 0.25) is 0 Å². The molecule has 4 heteroatoms. The molecule has 3 nitrogen and oxygen atoms in total. The SMILES string of the molecule is CC(C)(C)c1ccc(Oc2cc(Br)cc3c2C(=O)c2ccccc2C3=O)cc1. The number of carbonyl (C=O) groups excluding carboxylic acids is 2. The number of ether oxygens (including phenoxy) is 1. The zero-order valence-electron chi connectivity index (χ0n) is 15.9. The third-order valence-corrected chi connectivity index (χ3v) is 5.36. The van der Waals surface area contributed by atoms with E-state index in [-0.39, 0.29) is 17.0 Å². The summed E-state index contributed by atoms with van der Waals surface area (Å²) < 4.78 is 6.74. The van der Waals surface area contributed by atoms with Crippen LogP contribution in [0.3, 0.4) is 0 Å². The van der Waals surface area contributed by atoms with Gasteiger partial charge in [0.25, 0.3) is 0 Å². The van der Waals surface area contributed by atoms with Crippen molar-refractivity contribution in [3.8, 4) is 11.5 Å². The first kappa shape index (κ1) is 18.6. The van der Waals surface area contributed by atoms with Gasteiger partial charge in [-0.3, -0.25) is 9.59 Å². The molecular formula is C24H19BrO3. The molecule has 0 aromatic heterocycles. The summed E-state index contributed by atoms with van der Waals surface area (Å²) in [6, 6.07) is 18.1. The lowest BCUT2D eigenvalue weighted by Gasteiger charge is -2.21. The van der Waals surface area contributed by atoms with Crippen LogP contribution < -0.4 is 4.74 Å². The Morgan fingerprint density at radius 1 is 0.786 bits per heavy atom. The van der Waals surface area contributed by atoms with Crippen LogP contribution in [0.25, 0.3) is 0 Å². The summed E-state index contributed by atoms with van der Waals surface area (Å²) in [6.45, 7) is 6.44. The fourth-order valence-electron chi connectivity index (χ4n) is 3.38. The lowest BCUT2D eigenvalue weighted by Crippen LogP contribution is -2.21. The zero-order chi connectivity index (χ0) is 20.1. The second kappa shape index (κ2) is 6.71. The van der Waals surface area contributed by atoms with E-state index >= 15 is 0 Å². The maximum absolute atomic E-state index is 13.1. The third-order valence-electron chi connectivity index (χ3n) is 4.90. The average molecular weight is 435 g/mol. The summed E-state index contributed by atoms with van der Waals surface area (Å²) in [4.78, 5) is 26.1. The monoisotopic (exact) mass is 434 g/mol. The van der Waals surface area contributed by atoms with Gasteiger partial charge >= 0.3 is 0 Å². The standard InChI is InChI=1S/C24H19BrO3/c1-24(2,3)14-8-10-16(11-9-14)28-20-13-15(25)12-19-21(20)23(27)18-7-5-4-6-17(18)22(19)26/h4-13H,1-3H3. The van der Waals surface area contributed by atoms with Crippen LogP contribution in [-0.2, 0) is 5.41 Å². The van der Waals surface area contributed by atoms with Gasteiger partial charge in [0.15, 0.2) is 11.6 Å². The Morgan fingerprint density at radius 3 is 2.00 bits per heavy atom. The van der Waals surface area contributed by atoms with Crippen molar-refractivity contribution < 1.29 is 14.3 Å². The second-order valence-electron chi connectivity index (χ2n) is 7.91. The molecule has 1 aliphatic carbocycles. The Labute approximate surface area is 172 Å². The molecule has 0 saturated carbocycles. The van der Waals surface area contributed by atoms with Crippen molar-refractivity contribution in [2.75, 3.05) is 0 Å². The smallest absolute Gasteiger partial charge is 0.198 e. The summed E-state index contributed by atoms with van der Waals surface area (Å²) >= 11 is 3.44. The van der Waals surface area contributed by atoms with Crippen molar-refractivity contribution in [1.29, 1.82) is 0 Å². The molecule has 3 aromatic carbocycles. The van der Waals surface area contributed by atoms with Gasteiger partial charge in [0.05, 0.1) is 5.56 Å². The van der Waals surface area contributed by atoms with Crippen molar-refractivity contribution in [2.24, 2.45) is 0 Å². The minimum Gasteiger partial charge on any atom is -0.457 e. The predicted molar refractivity (Wildman–Crippen MR) is 113 cm³/mol. The molecule has 1 aliphatic rings.